The Morgan fingerprint density at radius 1 is 1.14 bits per heavy atom. The summed E-state index contributed by atoms with van der Waals surface area (Å²) in [5.41, 5.74) is 1.58. The minimum atomic E-state index is -0.538. The first kappa shape index (κ1) is 14.8. The van der Waals surface area contributed by atoms with Crippen molar-refractivity contribution < 1.29 is 23.5 Å². The summed E-state index contributed by atoms with van der Waals surface area (Å²) in [4.78, 5) is 22.7. The van der Waals surface area contributed by atoms with Crippen LogP contribution >= 0.6 is 0 Å². The molecule has 110 valence electrons. The second-order valence-corrected chi connectivity index (χ2v) is 4.31. The van der Waals surface area contributed by atoms with Crippen LogP contribution in [-0.2, 0) is 20.9 Å². The lowest BCUT2D eigenvalue weighted by molar-refractivity contribution is -0.142. The van der Waals surface area contributed by atoms with Crippen molar-refractivity contribution in [3.05, 3.63) is 47.9 Å². The van der Waals surface area contributed by atoms with Gasteiger partial charge in [0, 0.05) is 12.5 Å². The van der Waals surface area contributed by atoms with Crippen molar-refractivity contribution in [2.45, 2.75) is 20.5 Å². The third-order valence-corrected chi connectivity index (χ3v) is 2.78. The van der Waals surface area contributed by atoms with Crippen molar-refractivity contribution in [3.8, 4) is 11.1 Å². The molecule has 5 heteroatoms. The SMILES string of the molecule is CCOC(=O)c1cc(-c2ccccc2)c(COC(C)=O)o1. The van der Waals surface area contributed by atoms with Gasteiger partial charge in [0.1, 0.15) is 12.4 Å². The van der Waals surface area contributed by atoms with E-state index in [4.69, 9.17) is 13.9 Å². The van der Waals surface area contributed by atoms with Crippen LogP contribution in [0.15, 0.2) is 40.8 Å². The van der Waals surface area contributed by atoms with Gasteiger partial charge in [-0.25, -0.2) is 4.79 Å². The van der Waals surface area contributed by atoms with Crippen molar-refractivity contribution in [1.29, 1.82) is 0 Å². The second kappa shape index (κ2) is 6.74. The van der Waals surface area contributed by atoms with Crippen LogP contribution in [0.5, 0.6) is 0 Å². The number of benzene rings is 1. The van der Waals surface area contributed by atoms with E-state index in [1.807, 2.05) is 30.3 Å². The van der Waals surface area contributed by atoms with E-state index < -0.39 is 11.9 Å². The Labute approximate surface area is 122 Å². The van der Waals surface area contributed by atoms with Crippen molar-refractivity contribution in [1.82, 2.24) is 0 Å². The van der Waals surface area contributed by atoms with Crippen LogP contribution in [0, 0.1) is 0 Å². The number of furan rings is 1. The fraction of sp³-hybridized carbons (Fsp3) is 0.250. The molecule has 0 aliphatic carbocycles. The smallest absolute Gasteiger partial charge is 0.374 e. The quantitative estimate of drug-likeness (QED) is 0.790. The normalized spacial score (nSPS) is 10.2. The summed E-state index contributed by atoms with van der Waals surface area (Å²) < 4.78 is 15.4. The topological polar surface area (TPSA) is 65.7 Å². The van der Waals surface area contributed by atoms with E-state index in [-0.39, 0.29) is 19.0 Å². The van der Waals surface area contributed by atoms with Crippen molar-refractivity contribution in [3.63, 3.8) is 0 Å². The predicted molar refractivity (Wildman–Crippen MR) is 75.6 cm³/mol. The largest absolute Gasteiger partial charge is 0.460 e. The molecular weight excluding hydrogens is 272 g/mol. The summed E-state index contributed by atoms with van der Waals surface area (Å²) in [5, 5.41) is 0. The van der Waals surface area contributed by atoms with Crippen LogP contribution in [0.4, 0.5) is 0 Å². The Morgan fingerprint density at radius 2 is 1.86 bits per heavy atom. The van der Waals surface area contributed by atoms with E-state index in [1.54, 1.807) is 13.0 Å². The monoisotopic (exact) mass is 288 g/mol. The molecule has 21 heavy (non-hydrogen) atoms. The molecule has 0 spiro atoms. The molecule has 0 N–H and O–H groups in total. The minimum absolute atomic E-state index is 0.0288. The van der Waals surface area contributed by atoms with Gasteiger partial charge in [-0.2, -0.15) is 0 Å². The van der Waals surface area contributed by atoms with Gasteiger partial charge in [0.15, 0.2) is 0 Å². The van der Waals surface area contributed by atoms with Gasteiger partial charge in [0.2, 0.25) is 5.76 Å². The van der Waals surface area contributed by atoms with Gasteiger partial charge in [0.05, 0.1) is 6.61 Å². The number of carbonyl (C=O) groups is 2. The van der Waals surface area contributed by atoms with Gasteiger partial charge in [-0.1, -0.05) is 30.3 Å². The highest BCUT2D eigenvalue weighted by Crippen LogP contribution is 2.28. The Kier molecular flexibility index (Phi) is 4.77. The molecule has 0 radical (unpaired) electrons. The highest BCUT2D eigenvalue weighted by atomic mass is 16.6. The van der Waals surface area contributed by atoms with Gasteiger partial charge >= 0.3 is 11.9 Å². The average molecular weight is 288 g/mol. The predicted octanol–water partition coefficient (Wildman–Crippen LogP) is 3.19. The summed E-state index contributed by atoms with van der Waals surface area (Å²) in [7, 11) is 0. The molecule has 0 saturated carbocycles. The molecule has 0 bridgehead atoms. The molecule has 1 aromatic heterocycles. The van der Waals surface area contributed by atoms with Crippen molar-refractivity contribution in [2.75, 3.05) is 6.61 Å². The Balaban J connectivity index is 2.36. The summed E-state index contributed by atoms with van der Waals surface area (Å²) in [6.07, 6.45) is 0. The molecule has 1 aromatic carbocycles. The van der Waals surface area contributed by atoms with E-state index in [0.29, 0.717) is 11.3 Å². The second-order valence-electron chi connectivity index (χ2n) is 4.31. The van der Waals surface area contributed by atoms with Crippen LogP contribution < -0.4 is 0 Å². The van der Waals surface area contributed by atoms with E-state index in [2.05, 4.69) is 0 Å². The van der Waals surface area contributed by atoms with Crippen LogP contribution in [0.1, 0.15) is 30.2 Å². The minimum Gasteiger partial charge on any atom is -0.460 e. The number of rotatable bonds is 5. The lowest BCUT2D eigenvalue weighted by Crippen LogP contribution is -2.03. The lowest BCUT2D eigenvalue weighted by atomic mass is 10.1. The molecule has 5 nitrogen and oxygen atoms in total. The standard InChI is InChI=1S/C16H16O5/c1-3-19-16(18)14-9-13(12-7-5-4-6-8-12)15(21-14)10-20-11(2)17/h4-9H,3,10H2,1-2H3. The zero-order valence-electron chi connectivity index (χ0n) is 11.9. The van der Waals surface area contributed by atoms with Gasteiger partial charge in [0.25, 0.3) is 0 Å². The Morgan fingerprint density at radius 3 is 2.48 bits per heavy atom. The molecule has 2 rings (SSSR count). The van der Waals surface area contributed by atoms with E-state index in [1.165, 1.54) is 6.92 Å². The molecule has 0 saturated heterocycles. The average Bonchev–Trinajstić information content (AvgIpc) is 2.90. The van der Waals surface area contributed by atoms with Gasteiger partial charge in [-0.15, -0.1) is 0 Å². The fourth-order valence-corrected chi connectivity index (χ4v) is 1.87. The molecular formula is C16H16O5. The maximum atomic E-state index is 11.8. The van der Waals surface area contributed by atoms with Crippen LogP contribution in [0.25, 0.3) is 11.1 Å². The highest BCUT2D eigenvalue weighted by Gasteiger charge is 2.19. The third-order valence-electron chi connectivity index (χ3n) is 2.78. The summed E-state index contributed by atoms with van der Waals surface area (Å²) in [5.74, 6) is -0.441. The molecule has 0 fully saturated rings. The first-order valence-electron chi connectivity index (χ1n) is 6.60. The van der Waals surface area contributed by atoms with E-state index in [9.17, 15) is 9.59 Å². The molecule has 0 aliphatic rings. The van der Waals surface area contributed by atoms with Crippen molar-refractivity contribution in [2.24, 2.45) is 0 Å². The number of esters is 2. The van der Waals surface area contributed by atoms with Gasteiger partial charge in [-0.05, 0) is 18.6 Å². The number of hydrogen-bond donors (Lipinski definition) is 0. The lowest BCUT2D eigenvalue weighted by Gasteiger charge is -2.02. The molecule has 0 amide bonds. The number of carbonyl (C=O) groups excluding carboxylic acids is 2. The Bertz CT molecular complexity index is 627. The third kappa shape index (κ3) is 3.72. The zero-order chi connectivity index (χ0) is 15.2. The number of hydrogen-bond acceptors (Lipinski definition) is 5. The van der Waals surface area contributed by atoms with Crippen LogP contribution in [0.2, 0.25) is 0 Å². The Hall–Kier alpha value is -2.56. The fourth-order valence-electron chi connectivity index (χ4n) is 1.87. The maximum absolute atomic E-state index is 11.8. The summed E-state index contributed by atoms with van der Waals surface area (Å²) >= 11 is 0. The van der Waals surface area contributed by atoms with Crippen molar-refractivity contribution >= 4 is 11.9 Å². The number of ether oxygens (including phenoxy) is 2. The van der Waals surface area contributed by atoms with Crippen LogP contribution in [-0.4, -0.2) is 18.5 Å². The molecule has 1 heterocycles. The molecule has 0 atom stereocenters. The first-order chi connectivity index (χ1) is 10.1. The van der Waals surface area contributed by atoms with Gasteiger partial charge in [-0.3, -0.25) is 4.79 Å². The summed E-state index contributed by atoms with van der Waals surface area (Å²) in [6, 6.07) is 11.0. The first-order valence-corrected chi connectivity index (χ1v) is 6.60. The van der Waals surface area contributed by atoms with E-state index in [0.717, 1.165) is 5.56 Å². The molecule has 2 aromatic rings. The van der Waals surface area contributed by atoms with E-state index >= 15 is 0 Å². The zero-order valence-corrected chi connectivity index (χ0v) is 11.9. The highest BCUT2D eigenvalue weighted by molar-refractivity contribution is 5.88. The maximum Gasteiger partial charge on any atom is 0.374 e. The molecule has 0 aliphatic heterocycles. The molecule has 0 unspecified atom stereocenters. The van der Waals surface area contributed by atoms with Crippen LogP contribution in [0.3, 0.4) is 0 Å². The van der Waals surface area contributed by atoms with Gasteiger partial charge < -0.3 is 13.9 Å². The summed E-state index contributed by atoms with van der Waals surface area (Å²) in [6.45, 7) is 3.27.